The highest BCUT2D eigenvalue weighted by Crippen LogP contribution is 2.31. The molecular formula is C13H27Cl2N3O2. The number of hydrogen-bond acceptors (Lipinski definition) is 4. The molecule has 1 aliphatic carbocycles. The van der Waals surface area contributed by atoms with E-state index in [-0.39, 0.29) is 30.7 Å². The van der Waals surface area contributed by atoms with Crippen LogP contribution in [0.4, 0.5) is 0 Å². The summed E-state index contributed by atoms with van der Waals surface area (Å²) in [5.41, 5.74) is 0. The van der Waals surface area contributed by atoms with Crippen molar-refractivity contribution in [2.45, 2.75) is 25.3 Å². The summed E-state index contributed by atoms with van der Waals surface area (Å²) in [7, 11) is 1.66. The maximum atomic E-state index is 11.6. The van der Waals surface area contributed by atoms with Crippen LogP contribution in [0.2, 0.25) is 0 Å². The Bertz CT molecular complexity index is 278. The van der Waals surface area contributed by atoms with Crippen LogP contribution in [0.3, 0.4) is 0 Å². The van der Waals surface area contributed by atoms with Gasteiger partial charge in [-0.1, -0.05) is 0 Å². The number of rotatable bonds is 8. The Balaban J connectivity index is 0.00000180. The van der Waals surface area contributed by atoms with Crippen molar-refractivity contribution in [3.63, 3.8) is 0 Å². The Morgan fingerprint density at radius 1 is 1.30 bits per heavy atom. The van der Waals surface area contributed by atoms with Gasteiger partial charge in [0.2, 0.25) is 5.91 Å². The van der Waals surface area contributed by atoms with Crippen molar-refractivity contribution in [2.75, 3.05) is 46.4 Å². The van der Waals surface area contributed by atoms with E-state index in [1.807, 2.05) is 0 Å². The van der Waals surface area contributed by atoms with Crippen LogP contribution >= 0.6 is 24.8 Å². The van der Waals surface area contributed by atoms with Crippen molar-refractivity contribution in [3.05, 3.63) is 0 Å². The van der Waals surface area contributed by atoms with Gasteiger partial charge < -0.3 is 20.3 Å². The van der Waals surface area contributed by atoms with Gasteiger partial charge in [-0.25, -0.2) is 0 Å². The van der Waals surface area contributed by atoms with Gasteiger partial charge in [0.1, 0.15) is 0 Å². The van der Waals surface area contributed by atoms with Gasteiger partial charge in [0.15, 0.2) is 0 Å². The van der Waals surface area contributed by atoms with Gasteiger partial charge in [-0.2, -0.15) is 0 Å². The molecule has 2 rings (SSSR count). The van der Waals surface area contributed by atoms with E-state index < -0.39 is 0 Å². The van der Waals surface area contributed by atoms with Gasteiger partial charge in [-0.3, -0.25) is 4.79 Å². The van der Waals surface area contributed by atoms with Gasteiger partial charge in [-0.05, 0) is 31.7 Å². The number of nitrogens with zero attached hydrogens (tertiary/aromatic N) is 1. The second-order valence-electron chi connectivity index (χ2n) is 5.35. The van der Waals surface area contributed by atoms with Crippen molar-refractivity contribution in [1.29, 1.82) is 0 Å². The van der Waals surface area contributed by atoms with Gasteiger partial charge in [0.25, 0.3) is 0 Å². The molecule has 2 aliphatic rings. The predicted molar refractivity (Wildman–Crippen MR) is 85.0 cm³/mol. The quantitative estimate of drug-likeness (QED) is 0.643. The van der Waals surface area contributed by atoms with E-state index in [9.17, 15) is 4.79 Å². The van der Waals surface area contributed by atoms with Crippen LogP contribution in [-0.2, 0) is 9.53 Å². The first-order valence-electron chi connectivity index (χ1n) is 7.00. The Hall–Kier alpha value is -0.0700. The number of methoxy groups -OCH3 is 1. The molecule has 0 aromatic carbocycles. The summed E-state index contributed by atoms with van der Waals surface area (Å²) >= 11 is 0. The Kier molecular flexibility index (Phi) is 10.6. The van der Waals surface area contributed by atoms with Gasteiger partial charge in [0, 0.05) is 32.8 Å². The molecule has 0 radical (unpaired) electrons. The minimum Gasteiger partial charge on any atom is -0.383 e. The molecule has 2 N–H and O–H groups in total. The second kappa shape index (κ2) is 10.6. The SMILES string of the molecule is COCCNCC(=O)NCC1CCN(C2CC2)C1.Cl.Cl. The highest BCUT2D eigenvalue weighted by molar-refractivity contribution is 5.85. The topological polar surface area (TPSA) is 53.6 Å². The van der Waals surface area contributed by atoms with Gasteiger partial charge >= 0.3 is 0 Å². The summed E-state index contributed by atoms with van der Waals surface area (Å²) in [6.07, 6.45) is 3.99. The van der Waals surface area contributed by atoms with E-state index in [0.717, 1.165) is 19.1 Å². The molecule has 1 unspecified atom stereocenters. The zero-order valence-electron chi connectivity index (χ0n) is 12.1. The highest BCUT2D eigenvalue weighted by atomic mass is 35.5. The van der Waals surface area contributed by atoms with E-state index in [4.69, 9.17) is 4.74 Å². The largest absolute Gasteiger partial charge is 0.383 e. The van der Waals surface area contributed by atoms with Crippen molar-refractivity contribution in [1.82, 2.24) is 15.5 Å². The molecule has 0 spiro atoms. The summed E-state index contributed by atoms with van der Waals surface area (Å²) in [6.45, 7) is 4.98. The Morgan fingerprint density at radius 3 is 2.70 bits per heavy atom. The molecule has 1 atom stereocenters. The average molecular weight is 328 g/mol. The van der Waals surface area contributed by atoms with Crippen LogP contribution < -0.4 is 10.6 Å². The zero-order valence-corrected chi connectivity index (χ0v) is 13.7. The number of amides is 1. The number of likely N-dealkylation sites (tertiary alicyclic amines) is 1. The molecule has 1 amide bonds. The molecule has 1 aliphatic heterocycles. The highest BCUT2D eigenvalue weighted by Gasteiger charge is 2.34. The average Bonchev–Trinajstić information content (AvgIpc) is 3.12. The molecule has 1 saturated carbocycles. The maximum absolute atomic E-state index is 11.6. The van der Waals surface area contributed by atoms with Crippen LogP contribution in [0, 0.1) is 5.92 Å². The van der Waals surface area contributed by atoms with Gasteiger partial charge in [0.05, 0.1) is 13.2 Å². The Morgan fingerprint density at radius 2 is 2.05 bits per heavy atom. The number of carbonyl (C=O) groups excluding carboxylic acids is 1. The summed E-state index contributed by atoms with van der Waals surface area (Å²) in [6, 6.07) is 0.862. The van der Waals surface area contributed by atoms with Crippen molar-refractivity contribution in [3.8, 4) is 0 Å². The summed E-state index contributed by atoms with van der Waals surface area (Å²) < 4.78 is 4.91. The summed E-state index contributed by atoms with van der Waals surface area (Å²) in [5.74, 6) is 0.740. The first-order valence-corrected chi connectivity index (χ1v) is 7.00. The molecular weight excluding hydrogens is 301 g/mol. The van der Waals surface area contributed by atoms with E-state index in [1.54, 1.807) is 7.11 Å². The van der Waals surface area contributed by atoms with E-state index in [1.165, 1.54) is 32.4 Å². The fourth-order valence-electron chi connectivity index (χ4n) is 2.50. The molecule has 1 heterocycles. The predicted octanol–water partition coefficient (Wildman–Crippen LogP) is 0.666. The fraction of sp³-hybridized carbons (Fsp3) is 0.923. The normalized spacial score (nSPS) is 21.9. The molecule has 120 valence electrons. The standard InChI is InChI=1S/C13H25N3O2.2ClH/c1-18-7-5-14-9-13(17)15-8-11-4-6-16(10-11)12-2-3-12;;/h11-12,14H,2-10H2,1H3,(H,15,17);2*1H. The number of halogens is 2. The third kappa shape index (κ3) is 7.09. The summed E-state index contributed by atoms with van der Waals surface area (Å²) in [5, 5.41) is 6.06. The molecule has 1 saturated heterocycles. The molecule has 20 heavy (non-hydrogen) atoms. The molecule has 0 aromatic heterocycles. The number of nitrogens with one attached hydrogen (secondary N) is 2. The van der Waals surface area contributed by atoms with Crippen molar-refractivity contribution in [2.24, 2.45) is 5.92 Å². The molecule has 0 aromatic rings. The number of hydrogen-bond donors (Lipinski definition) is 2. The minimum absolute atomic E-state index is 0. The van der Waals surface area contributed by atoms with E-state index >= 15 is 0 Å². The smallest absolute Gasteiger partial charge is 0.233 e. The van der Waals surface area contributed by atoms with Crippen LogP contribution in [0.15, 0.2) is 0 Å². The third-order valence-electron chi connectivity index (χ3n) is 3.74. The minimum atomic E-state index is 0. The molecule has 2 fully saturated rings. The lowest BCUT2D eigenvalue weighted by atomic mass is 10.1. The first kappa shape index (κ1) is 19.9. The number of carbonyl (C=O) groups is 1. The molecule has 0 bridgehead atoms. The van der Waals surface area contributed by atoms with Crippen LogP contribution in [0.25, 0.3) is 0 Å². The monoisotopic (exact) mass is 327 g/mol. The van der Waals surface area contributed by atoms with Crippen LogP contribution in [0.5, 0.6) is 0 Å². The fourth-order valence-corrected chi connectivity index (χ4v) is 2.50. The van der Waals surface area contributed by atoms with Gasteiger partial charge in [-0.15, -0.1) is 24.8 Å². The lowest BCUT2D eigenvalue weighted by Crippen LogP contribution is -2.38. The lowest BCUT2D eigenvalue weighted by molar-refractivity contribution is -0.120. The molecule has 7 heteroatoms. The lowest BCUT2D eigenvalue weighted by Gasteiger charge is -2.15. The number of ether oxygens (including phenoxy) is 1. The maximum Gasteiger partial charge on any atom is 0.233 e. The van der Waals surface area contributed by atoms with Crippen LogP contribution in [-0.4, -0.2) is 63.3 Å². The van der Waals surface area contributed by atoms with E-state index in [2.05, 4.69) is 15.5 Å². The first-order chi connectivity index (χ1) is 8.79. The Labute approximate surface area is 134 Å². The third-order valence-corrected chi connectivity index (χ3v) is 3.74. The second-order valence-corrected chi connectivity index (χ2v) is 5.35. The van der Waals surface area contributed by atoms with Crippen LogP contribution in [0.1, 0.15) is 19.3 Å². The van der Waals surface area contributed by atoms with E-state index in [0.29, 0.717) is 19.1 Å². The van der Waals surface area contributed by atoms with Crippen molar-refractivity contribution < 1.29 is 9.53 Å². The zero-order chi connectivity index (χ0) is 12.8. The summed E-state index contributed by atoms with van der Waals surface area (Å²) in [4.78, 5) is 14.1. The van der Waals surface area contributed by atoms with Crippen molar-refractivity contribution >= 4 is 30.7 Å². The molecule has 5 nitrogen and oxygen atoms in total.